The Bertz CT molecular complexity index is 251. The van der Waals surface area contributed by atoms with Crippen LogP contribution in [0.3, 0.4) is 0 Å². The molecular formula is C12H24N2O2. The Balaban J connectivity index is 2.60. The van der Waals surface area contributed by atoms with Gasteiger partial charge in [-0.3, -0.25) is 9.69 Å². The topological polar surface area (TPSA) is 52.6 Å². The number of hydrogen-bond donors (Lipinski definition) is 2. The maximum absolute atomic E-state index is 11.2. The van der Waals surface area contributed by atoms with Crippen molar-refractivity contribution in [2.45, 2.75) is 45.2 Å². The molecule has 0 aromatic heterocycles. The first-order valence-electron chi connectivity index (χ1n) is 6.05. The van der Waals surface area contributed by atoms with Crippen molar-refractivity contribution < 1.29 is 9.90 Å². The van der Waals surface area contributed by atoms with Gasteiger partial charge in [-0.15, -0.1) is 0 Å². The van der Waals surface area contributed by atoms with Crippen LogP contribution in [0.15, 0.2) is 0 Å². The lowest BCUT2D eigenvalue weighted by Gasteiger charge is -2.34. The van der Waals surface area contributed by atoms with Crippen molar-refractivity contribution in [1.82, 2.24) is 10.2 Å². The number of nitrogens with one attached hydrogen (secondary N) is 1. The van der Waals surface area contributed by atoms with Gasteiger partial charge in [0.1, 0.15) is 5.54 Å². The largest absolute Gasteiger partial charge is 0.480 e. The predicted molar refractivity (Wildman–Crippen MR) is 64.5 cm³/mol. The molecule has 0 bridgehead atoms. The molecule has 1 unspecified atom stereocenters. The lowest BCUT2D eigenvalue weighted by Crippen LogP contribution is -2.57. The minimum atomic E-state index is -0.848. The predicted octanol–water partition coefficient (Wildman–Crippen LogP) is 1.17. The summed E-state index contributed by atoms with van der Waals surface area (Å²) in [6.07, 6.45) is 2.60. The number of nitrogens with zero attached hydrogens (tertiary/aromatic N) is 1. The molecule has 2 N–H and O–H groups in total. The standard InChI is InChI=1S/C12H24N2O2/c1-9(2)14(7-10-5-6-10)8-12(3,13-4)11(15)16/h9-10,13H,5-8H2,1-4H3,(H,15,16). The summed E-state index contributed by atoms with van der Waals surface area (Å²) in [5, 5.41) is 12.1. The van der Waals surface area contributed by atoms with Crippen LogP contribution in [0.25, 0.3) is 0 Å². The first kappa shape index (κ1) is 13.5. The second kappa shape index (κ2) is 5.15. The van der Waals surface area contributed by atoms with Gasteiger partial charge < -0.3 is 10.4 Å². The molecule has 0 amide bonds. The van der Waals surface area contributed by atoms with Crippen LogP contribution >= 0.6 is 0 Å². The van der Waals surface area contributed by atoms with Gasteiger partial charge in [0.2, 0.25) is 0 Å². The van der Waals surface area contributed by atoms with E-state index < -0.39 is 11.5 Å². The van der Waals surface area contributed by atoms with Crippen molar-refractivity contribution in [3.63, 3.8) is 0 Å². The number of hydrogen-bond acceptors (Lipinski definition) is 3. The summed E-state index contributed by atoms with van der Waals surface area (Å²) in [6, 6.07) is 0.396. The molecule has 4 heteroatoms. The number of carbonyl (C=O) groups is 1. The van der Waals surface area contributed by atoms with Crippen LogP contribution in [0.1, 0.15) is 33.6 Å². The van der Waals surface area contributed by atoms with Crippen LogP contribution in [0.4, 0.5) is 0 Å². The fourth-order valence-electron chi connectivity index (χ4n) is 1.75. The molecule has 0 heterocycles. The van der Waals surface area contributed by atoms with Gasteiger partial charge in [0.25, 0.3) is 0 Å². The molecule has 1 aliphatic carbocycles. The van der Waals surface area contributed by atoms with E-state index in [1.54, 1.807) is 14.0 Å². The molecule has 1 aliphatic rings. The quantitative estimate of drug-likeness (QED) is 0.687. The number of carboxylic acid groups (broad SMARTS) is 1. The number of carboxylic acids is 1. The summed E-state index contributed by atoms with van der Waals surface area (Å²) < 4.78 is 0. The summed E-state index contributed by atoms with van der Waals surface area (Å²) in [6.45, 7) is 7.59. The van der Waals surface area contributed by atoms with E-state index >= 15 is 0 Å². The summed E-state index contributed by atoms with van der Waals surface area (Å²) >= 11 is 0. The van der Waals surface area contributed by atoms with E-state index in [9.17, 15) is 9.90 Å². The first-order chi connectivity index (χ1) is 7.39. The highest BCUT2D eigenvalue weighted by Gasteiger charge is 2.36. The van der Waals surface area contributed by atoms with Gasteiger partial charge in [-0.1, -0.05) is 0 Å². The highest BCUT2D eigenvalue weighted by molar-refractivity contribution is 5.78. The van der Waals surface area contributed by atoms with Crippen LogP contribution in [0, 0.1) is 5.92 Å². The van der Waals surface area contributed by atoms with Crippen LogP contribution in [-0.4, -0.2) is 47.7 Å². The maximum atomic E-state index is 11.2. The molecule has 0 saturated heterocycles. The highest BCUT2D eigenvalue weighted by atomic mass is 16.4. The van der Waals surface area contributed by atoms with Gasteiger partial charge in [0.05, 0.1) is 0 Å². The van der Waals surface area contributed by atoms with Crippen molar-refractivity contribution in [3.05, 3.63) is 0 Å². The average Bonchev–Trinajstić information content (AvgIpc) is 3.00. The van der Waals surface area contributed by atoms with E-state index in [-0.39, 0.29) is 0 Å². The molecular weight excluding hydrogens is 204 g/mol. The van der Waals surface area contributed by atoms with E-state index in [1.165, 1.54) is 12.8 Å². The van der Waals surface area contributed by atoms with Crippen molar-refractivity contribution in [1.29, 1.82) is 0 Å². The van der Waals surface area contributed by atoms with Gasteiger partial charge >= 0.3 is 5.97 Å². The zero-order valence-corrected chi connectivity index (χ0v) is 10.8. The van der Waals surface area contributed by atoms with Crippen LogP contribution in [0.2, 0.25) is 0 Å². The van der Waals surface area contributed by atoms with Crippen molar-refractivity contribution in [3.8, 4) is 0 Å². The molecule has 0 aliphatic heterocycles. The fraction of sp³-hybridized carbons (Fsp3) is 0.917. The summed E-state index contributed by atoms with van der Waals surface area (Å²) in [4.78, 5) is 13.5. The smallest absolute Gasteiger partial charge is 0.324 e. The van der Waals surface area contributed by atoms with E-state index in [0.29, 0.717) is 12.6 Å². The van der Waals surface area contributed by atoms with E-state index in [4.69, 9.17) is 0 Å². The number of rotatable bonds is 7. The monoisotopic (exact) mass is 228 g/mol. The number of likely N-dealkylation sites (N-methyl/N-ethyl adjacent to an activating group) is 1. The molecule has 1 rings (SSSR count). The van der Waals surface area contributed by atoms with E-state index in [0.717, 1.165) is 12.5 Å². The summed E-state index contributed by atoms with van der Waals surface area (Å²) in [5.74, 6) is 0.00810. The third-order valence-electron chi connectivity index (χ3n) is 3.46. The second-order valence-corrected chi connectivity index (χ2v) is 5.35. The SMILES string of the molecule is CNC(C)(CN(CC1CC1)C(C)C)C(=O)O. The molecule has 94 valence electrons. The van der Waals surface area contributed by atoms with Crippen LogP contribution in [-0.2, 0) is 4.79 Å². The fourth-order valence-corrected chi connectivity index (χ4v) is 1.75. The molecule has 1 atom stereocenters. The van der Waals surface area contributed by atoms with Crippen LogP contribution in [0.5, 0.6) is 0 Å². The molecule has 0 radical (unpaired) electrons. The third-order valence-corrected chi connectivity index (χ3v) is 3.46. The average molecular weight is 228 g/mol. The van der Waals surface area contributed by atoms with Crippen molar-refractivity contribution >= 4 is 5.97 Å². The van der Waals surface area contributed by atoms with Gasteiger partial charge in [0.15, 0.2) is 0 Å². The molecule has 4 nitrogen and oxygen atoms in total. The van der Waals surface area contributed by atoms with Crippen molar-refractivity contribution in [2.24, 2.45) is 5.92 Å². The Morgan fingerprint density at radius 3 is 2.44 bits per heavy atom. The van der Waals surface area contributed by atoms with Gasteiger partial charge in [-0.2, -0.15) is 0 Å². The van der Waals surface area contributed by atoms with E-state index in [1.807, 2.05) is 0 Å². The lowest BCUT2D eigenvalue weighted by atomic mass is 10.0. The van der Waals surface area contributed by atoms with Gasteiger partial charge in [0, 0.05) is 19.1 Å². The summed E-state index contributed by atoms with van der Waals surface area (Å²) in [7, 11) is 1.71. The van der Waals surface area contributed by atoms with Crippen LogP contribution < -0.4 is 5.32 Å². The normalized spacial score (nSPS) is 20.1. The molecule has 0 aromatic carbocycles. The second-order valence-electron chi connectivity index (χ2n) is 5.35. The molecule has 0 spiro atoms. The minimum absolute atomic E-state index is 0.396. The lowest BCUT2D eigenvalue weighted by molar-refractivity contribution is -0.145. The molecule has 1 fully saturated rings. The maximum Gasteiger partial charge on any atom is 0.324 e. The van der Waals surface area contributed by atoms with Gasteiger partial charge in [-0.05, 0) is 46.6 Å². The Morgan fingerprint density at radius 1 is 1.56 bits per heavy atom. The molecule has 0 aromatic rings. The Morgan fingerprint density at radius 2 is 2.12 bits per heavy atom. The Hall–Kier alpha value is -0.610. The number of aliphatic carboxylic acids is 1. The third kappa shape index (κ3) is 3.46. The minimum Gasteiger partial charge on any atom is -0.480 e. The first-order valence-corrected chi connectivity index (χ1v) is 6.05. The molecule has 1 saturated carbocycles. The van der Waals surface area contributed by atoms with Gasteiger partial charge in [-0.25, -0.2) is 0 Å². The zero-order chi connectivity index (χ0) is 12.3. The Labute approximate surface area is 98.0 Å². The molecule has 16 heavy (non-hydrogen) atoms. The highest BCUT2D eigenvalue weighted by Crippen LogP contribution is 2.30. The summed E-state index contributed by atoms with van der Waals surface area (Å²) in [5.41, 5.74) is -0.848. The van der Waals surface area contributed by atoms with E-state index in [2.05, 4.69) is 24.1 Å². The van der Waals surface area contributed by atoms with Crippen molar-refractivity contribution in [2.75, 3.05) is 20.1 Å². The Kier molecular flexibility index (Phi) is 4.33. The zero-order valence-electron chi connectivity index (χ0n) is 10.8.